The van der Waals surface area contributed by atoms with Gasteiger partial charge < -0.3 is 0 Å². The highest BCUT2D eigenvalue weighted by Crippen LogP contribution is 2.21. The summed E-state index contributed by atoms with van der Waals surface area (Å²) in [6, 6.07) is 9.67. The Bertz CT molecular complexity index is 797. The molecule has 0 aliphatic rings. The molecule has 0 aliphatic heterocycles. The van der Waals surface area contributed by atoms with Crippen LogP contribution >= 0.6 is 0 Å². The summed E-state index contributed by atoms with van der Waals surface area (Å²) in [5, 5.41) is 13.3. The number of hydrogen-bond donors (Lipinski definition) is 0. The van der Waals surface area contributed by atoms with Gasteiger partial charge in [0, 0.05) is 18.8 Å². The Hall–Kier alpha value is -2.39. The number of aromatic nitrogens is 2. The van der Waals surface area contributed by atoms with E-state index >= 15 is 0 Å². The molecule has 0 bridgehead atoms. The molecular formula is C14H13N3O2S. The fraction of sp³-hybridized carbons (Fsp3) is 0.143. The largest absolute Gasteiger partial charge is 0.275 e. The van der Waals surface area contributed by atoms with E-state index in [9.17, 15) is 8.42 Å². The van der Waals surface area contributed by atoms with Crippen LogP contribution in [0.15, 0.2) is 46.3 Å². The molecule has 0 N–H and O–H groups in total. The number of allylic oxidation sites excluding steroid dienone is 1. The molecule has 6 heteroatoms. The zero-order valence-corrected chi connectivity index (χ0v) is 11.9. The molecule has 0 aliphatic carbocycles. The normalized spacial score (nSPS) is 12.2. The lowest BCUT2D eigenvalue weighted by Gasteiger charge is -2.02. The van der Waals surface area contributed by atoms with Crippen molar-refractivity contribution in [3.05, 3.63) is 52.7 Å². The van der Waals surface area contributed by atoms with E-state index in [-0.39, 0.29) is 9.80 Å². The summed E-state index contributed by atoms with van der Waals surface area (Å²) in [7, 11) is -2.06. The molecule has 0 spiro atoms. The van der Waals surface area contributed by atoms with Gasteiger partial charge in [-0.2, -0.15) is 10.4 Å². The second-order valence-electron chi connectivity index (χ2n) is 4.28. The van der Waals surface area contributed by atoms with Crippen molar-refractivity contribution in [2.75, 3.05) is 0 Å². The zero-order chi connectivity index (χ0) is 14.8. The molecule has 1 aromatic heterocycles. The van der Waals surface area contributed by atoms with Gasteiger partial charge in [-0.15, -0.1) is 0 Å². The van der Waals surface area contributed by atoms with Crippen molar-refractivity contribution in [1.82, 2.24) is 9.78 Å². The smallest absolute Gasteiger partial charge is 0.216 e. The second kappa shape index (κ2) is 5.31. The molecule has 5 nitrogen and oxygen atoms in total. The minimum atomic E-state index is -3.79. The maximum atomic E-state index is 12.4. The Kier molecular flexibility index (Phi) is 3.72. The van der Waals surface area contributed by atoms with Crippen LogP contribution < -0.4 is 0 Å². The molecule has 2 rings (SSSR count). The second-order valence-corrected chi connectivity index (χ2v) is 6.20. The van der Waals surface area contributed by atoms with E-state index in [2.05, 4.69) is 5.10 Å². The Morgan fingerprint density at radius 2 is 2.00 bits per heavy atom. The highest BCUT2D eigenvalue weighted by Gasteiger charge is 2.20. The monoisotopic (exact) mass is 287 g/mol. The van der Waals surface area contributed by atoms with Crippen LogP contribution in [0, 0.1) is 18.3 Å². The molecule has 0 saturated heterocycles. The van der Waals surface area contributed by atoms with E-state index in [1.807, 2.05) is 0 Å². The maximum absolute atomic E-state index is 12.4. The van der Waals surface area contributed by atoms with Crippen LogP contribution in [-0.2, 0) is 16.9 Å². The van der Waals surface area contributed by atoms with Crippen LogP contribution in [0.1, 0.15) is 11.3 Å². The SMILES string of the molecule is Cc1nn(C)cc1C=C(C#N)S(=O)(=O)c1ccccc1. The first-order valence-electron chi connectivity index (χ1n) is 5.87. The quantitative estimate of drug-likeness (QED) is 0.810. The van der Waals surface area contributed by atoms with Crippen LogP contribution in [0.25, 0.3) is 6.08 Å². The molecule has 1 aromatic carbocycles. The molecule has 0 fully saturated rings. The third-order valence-electron chi connectivity index (χ3n) is 2.79. The molecular weight excluding hydrogens is 274 g/mol. The van der Waals surface area contributed by atoms with Crippen molar-refractivity contribution in [2.24, 2.45) is 7.05 Å². The van der Waals surface area contributed by atoms with Crippen molar-refractivity contribution >= 4 is 15.9 Å². The maximum Gasteiger partial charge on any atom is 0.216 e. The van der Waals surface area contributed by atoms with Gasteiger partial charge in [-0.3, -0.25) is 4.68 Å². The van der Waals surface area contributed by atoms with E-state index in [0.29, 0.717) is 11.3 Å². The summed E-state index contributed by atoms with van der Waals surface area (Å²) in [6.07, 6.45) is 3.03. The lowest BCUT2D eigenvalue weighted by molar-refractivity contribution is 0.603. The Balaban J connectivity index is 2.54. The highest BCUT2D eigenvalue weighted by molar-refractivity contribution is 7.95. The number of aryl methyl sites for hydroxylation is 2. The van der Waals surface area contributed by atoms with Gasteiger partial charge in [-0.1, -0.05) is 18.2 Å². The van der Waals surface area contributed by atoms with Crippen LogP contribution in [-0.4, -0.2) is 18.2 Å². The molecule has 0 unspecified atom stereocenters. The van der Waals surface area contributed by atoms with Gasteiger partial charge in [-0.25, -0.2) is 8.42 Å². The lowest BCUT2D eigenvalue weighted by atomic mass is 10.2. The molecule has 0 amide bonds. The van der Waals surface area contributed by atoms with Crippen LogP contribution in [0.5, 0.6) is 0 Å². The van der Waals surface area contributed by atoms with E-state index in [1.165, 1.54) is 18.2 Å². The highest BCUT2D eigenvalue weighted by atomic mass is 32.2. The van der Waals surface area contributed by atoms with E-state index < -0.39 is 9.84 Å². The van der Waals surface area contributed by atoms with Gasteiger partial charge in [-0.05, 0) is 25.1 Å². The molecule has 20 heavy (non-hydrogen) atoms. The Labute approximate surface area is 117 Å². The topological polar surface area (TPSA) is 75.8 Å². The minimum Gasteiger partial charge on any atom is -0.275 e. The molecule has 0 saturated carbocycles. The fourth-order valence-electron chi connectivity index (χ4n) is 1.80. The van der Waals surface area contributed by atoms with Gasteiger partial charge >= 0.3 is 0 Å². The third-order valence-corrected chi connectivity index (χ3v) is 4.47. The standard InChI is InChI=1S/C14H13N3O2S/c1-11-12(10-17(2)16-11)8-14(9-15)20(18,19)13-6-4-3-5-7-13/h3-8,10H,1-2H3. The van der Waals surface area contributed by atoms with Gasteiger partial charge in [0.1, 0.15) is 11.0 Å². The van der Waals surface area contributed by atoms with Crippen LogP contribution in [0.4, 0.5) is 0 Å². The Morgan fingerprint density at radius 3 is 2.50 bits per heavy atom. The predicted molar refractivity (Wildman–Crippen MR) is 75.2 cm³/mol. The van der Waals surface area contributed by atoms with E-state index in [1.54, 1.807) is 49.1 Å². The number of sulfone groups is 1. The molecule has 1 heterocycles. The molecule has 0 atom stereocenters. The summed E-state index contributed by atoms with van der Waals surface area (Å²) in [4.78, 5) is -0.186. The minimum absolute atomic E-state index is 0.106. The van der Waals surface area contributed by atoms with Crippen LogP contribution in [0.3, 0.4) is 0 Å². The number of benzene rings is 1. The van der Waals surface area contributed by atoms with Gasteiger partial charge in [0.25, 0.3) is 0 Å². The molecule has 102 valence electrons. The van der Waals surface area contributed by atoms with E-state index in [4.69, 9.17) is 5.26 Å². The van der Waals surface area contributed by atoms with Crippen molar-refractivity contribution in [3.63, 3.8) is 0 Å². The Morgan fingerprint density at radius 1 is 1.35 bits per heavy atom. The van der Waals surface area contributed by atoms with Crippen molar-refractivity contribution in [1.29, 1.82) is 5.26 Å². The number of nitrogens with zero attached hydrogens (tertiary/aromatic N) is 3. The van der Waals surface area contributed by atoms with Crippen molar-refractivity contribution in [3.8, 4) is 6.07 Å². The van der Waals surface area contributed by atoms with E-state index in [0.717, 1.165) is 0 Å². The molecule has 2 aromatic rings. The van der Waals surface area contributed by atoms with Gasteiger partial charge in [0.05, 0.1) is 10.6 Å². The first-order chi connectivity index (χ1) is 9.45. The van der Waals surface area contributed by atoms with Crippen molar-refractivity contribution < 1.29 is 8.42 Å². The molecule has 0 radical (unpaired) electrons. The summed E-state index contributed by atoms with van der Waals surface area (Å²) in [5.41, 5.74) is 1.28. The summed E-state index contributed by atoms with van der Waals surface area (Å²) in [6.45, 7) is 1.76. The summed E-state index contributed by atoms with van der Waals surface area (Å²) < 4.78 is 26.3. The number of rotatable bonds is 3. The number of nitriles is 1. The van der Waals surface area contributed by atoms with Gasteiger partial charge in [0.2, 0.25) is 9.84 Å². The lowest BCUT2D eigenvalue weighted by Crippen LogP contribution is -2.03. The van der Waals surface area contributed by atoms with Crippen molar-refractivity contribution in [2.45, 2.75) is 11.8 Å². The van der Waals surface area contributed by atoms with Gasteiger partial charge in [0.15, 0.2) is 0 Å². The first kappa shape index (κ1) is 14.0. The zero-order valence-electron chi connectivity index (χ0n) is 11.1. The predicted octanol–water partition coefficient (Wildman–Crippen LogP) is 2.07. The average molecular weight is 287 g/mol. The van der Waals surface area contributed by atoms with Crippen LogP contribution in [0.2, 0.25) is 0 Å². The summed E-state index contributed by atoms with van der Waals surface area (Å²) in [5.74, 6) is 0. The number of hydrogen-bond acceptors (Lipinski definition) is 4. The average Bonchev–Trinajstić information content (AvgIpc) is 2.75. The third kappa shape index (κ3) is 2.63. The summed E-state index contributed by atoms with van der Waals surface area (Å²) >= 11 is 0. The fourth-order valence-corrected chi connectivity index (χ4v) is 2.97. The first-order valence-corrected chi connectivity index (χ1v) is 7.35.